The van der Waals surface area contributed by atoms with Gasteiger partial charge in [-0.1, -0.05) is 65.4 Å². The second-order valence-corrected chi connectivity index (χ2v) is 8.56. The number of guanidine groups is 1. The highest BCUT2D eigenvalue weighted by molar-refractivity contribution is 7.15. The molecule has 0 aliphatic carbocycles. The molecule has 0 amide bonds. The van der Waals surface area contributed by atoms with E-state index in [9.17, 15) is 5.26 Å². The number of nitrogens with one attached hydrogen (secondary N) is 1. The van der Waals surface area contributed by atoms with Crippen LogP contribution >= 0.6 is 22.9 Å². The molecule has 0 saturated carbocycles. The normalized spacial score (nSPS) is 20.2. The first-order chi connectivity index (χ1) is 15.1. The standard InChI is InChI=1S/C21H15ClN8S/c1-12-27-28-21(31-12)30-18(14-5-3-2-4-6-14)25-16-17(13-7-9-15(22)10-8-13)29(11-23)20(24)26-19(16)30/h2-10,16-17,24H,1H3/t16-,17+/m1/s1. The summed E-state index contributed by atoms with van der Waals surface area (Å²) in [6.07, 6.45) is 2.10. The average molecular weight is 447 g/mol. The molecule has 2 aliphatic rings. The van der Waals surface area contributed by atoms with Crippen molar-refractivity contribution in [3.05, 3.63) is 75.8 Å². The van der Waals surface area contributed by atoms with Gasteiger partial charge < -0.3 is 0 Å². The number of halogens is 1. The lowest BCUT2D eigenvalue weighted by Crippen LogP contribution is -2.48. The van der Waals surface area contributed by atoms with E-state index < -0.39 is 12.1 Å². The summed E-state index contributed by atoms with van der Waals surface area (Å²) in [6.45, 7) is 1.88. The van der Waals surface area contributed by atoms with Crippen molar-refractivity contribution in [3.63, 3.8) is 0 Å². The van der Waals surface area contributed by atoms with Gasteiger partial charge in [0.2, 0.25) is 11.1 Å². The smallest absolute Gasteiger partial charge is 0.233 e. The Hall–Kier alpha value is -3.61. The van der Waals surface area contributed by atoms with Crippen molar-refractivity contribution >= 4 is 45.7 Å². The highest BCUT2D eigenvalue weighted by Crippen LogP contribution is 2.38. The Labute approximate surface area is 187 Å². The fraction of sp³-hybridized carbons (Fsp3) is 0.143. The summed E-state index contributed by atoms with van der Waals surface area (Å²) in [5.74, 6) is 1.06. The predicted octanol–water partition coefficient (Wildman–Crippen LogP) is 4.01. The molecule has 1 N–H and O–H groups in total. The second-order valence-electron chi connectivity index (χ2n) is 6.96. The molecular formula is C21H15ClN8S. The monoisotopic (exact) mass is 446 g/mol. The average Bonchev–Trinajstić information content (AvgIpc) is 3.37. The number of hydrogen-bond donors (Lipinski definition) is 1. The van der Waals surface area contributed by atoms with E-state index in [1.807, 2.05) is 54.3 Å². The summed E-state index contributed by atoms with van der Waals surface area (Å²) in [6, 6.07) is 15.9. The topological polar surface area (TPSA) is 105 Å². The van der Waals surface area contributed by atoms with E-state index >= 15 is 0 Å². The molecule has 0 fully saturated rings. The number of rotatable bonds is 3. The molecular weight excluding hydrogens is 432 g/mol. The van der Waals surface area contributed by atoms with Crippen molar-refractivity contribution in [2.45, 2.75) is 19.0 Å². The number of aromatic nitrogens is 2. The lowest BCUT2D eigenvalue weighted by molar-refractivity contribution is 0.390. The van der Waals surface area contributed by atoms with E-state index in [0.717, 1.165) is 16.1 Å². The van der Waals surface area contributed by atoms with Gasteiger partial charge in [-0.25, -0.2) is 4.90 Å². The maximum atomic E-state index is 9.79. The number of nitrogens with zero attached hydrogens (tertiary/aromatic N) is 7. The van der Waals surface area contributed by atoms with Crippen molar-refractivity contribution in [2.24, 2.45) is 9.98 Å². The Bertz CT molecular complexity index is 1260. The molecule has 0 saturated heterocycles. The van der Waals surface area contributed by atoms with Gasteiger partial charge in [0.05, 0.1) is 0 Å². The lowest BCUT2D eigenvalue weighted by Gasteiger charge is -2.34. The third-order valence-electron chi connectivity index (χ3n) is 5.05. The van der Waals surface area contributed by atoms with E-state index in [4.69, 9.17) is 22.0 Å². The van der Waals surface area contributed by atoms with Crippen LogP contribution in [0.2, 0.25) is 5.02 Å². The van der Waals surface area contributed by atoms with Crippen LogP contribution in [0.3, 0.4) is 0 Å². The summed E-state index contributed by atoms with van der Waals surface area (Å²) in [7, 11) is 0. The SMILES string of the molecule is Cc1nnc(N2C(c3ccccc3)=N[C@H]3C2=NC(=N)N(C#N)[C@H]3c2ccc(Cl)cc2)s1. The molecule has 5 rings (SSSR count). The molecule has 0 radical (unpaired) electrons. The summed E-state index contributed by atoms with van der Waals surface area (Å²) in [4.78, 5) is 12.6. The van der Waals surface area contributed by atoms with Gasteiger partial charge in [-0.15, -0.1) is 10.2 Å². The van der Waals surface area contributed by atoms with Crippen molar-refractivity contribution < 1.29 is 0 Å². The molecule has 2 aromatic carbocycles. The Kier molecular flexibility index (Phi) is 4.73. The molecule has 152 valence electrons. The van der Waals surface area contributed by atoms with Crippen molar-refractivity contribution in [1.29, 1.82) is 10.7 Å². The fourth-order valence-electron chi connectivity index (χ4n) is 3.71. The van der Waals surface area contributed by atoms with Gasteiger partial charge in [0.25, 0.3) is 0 Å². The minimum Gasteiger partial charge on any atom is -0.266 e. The fourth-order valence-corrected chi connectivity index (χ4v) is 4.53. The number of anilines is 1. The molecule has 0 unspecified atom stereocenters. The molecule has 3 aromatic rings. The van der Waals surface area contributed by atoms with Gasteiger partial charge in [0.15, 0.2) is 6.19 Å². The Balaban J connectivity index is 1.70. The first kappa shape index (κ1) is 19.4. The van der Waals surface area contributed by atoms with Crippen LogP contribution in [-0.4, -0.2) is 38.8 Å². The van der Waals surface area contributed by atoms with Gasteiger partial charge in [-0.3, -0.25) is 15.3 Å². The van der Waals surface area contributed by atoms with Crippen LogP contribution in [-0.2, 0) is 0 Å². The quantitative estimate of drug-likeness (QED) is 0.612. The van der Waals surface area contributed by atoms with Crippen LogP contribution in [0.4, 0.5) is 5.13 Å². The molecule has 3 heterocycles. The van der Waals surface area contributed by atoms with Crippen molar-refractivity contribution in [2.75, 3.05) is 4.90 Å². The number of fused-ring (bicyclic) bond motifs is 1. The largest absolute Gasteiger partial charge is 0.266 e. The predicted molar refractivity (Wildman–Crippen MR) is 121 cm³/mol. The maximum Gasteiger partial charge on any atom is 0.233 e. The third kappa shape index (κ3) is 3.26. The number of aryl methyl sites for hydroxylation is 1. The first-order valence-corrected chi connectivity index (χ1v) is 10.6. The maximum absolute atomic E-state index is 9.79. The molecule has 2 aliphatic heterocycles. The van der Waals surface area contributed by atoms with Gasteiger partial charge >= 0.3 is 0 Å². The van der Waals surface area contributed by atoms with Gasteiger partial charge in [0, 0.05) is 10.6 Å². The van der Waals surface area contributed by atoms with Crippen LogP contribution in [0.5, 0.6) is 0 Å². The van der Waals surface area contributed by atoms with Crippen LogP contribution in [0.25, 0.3) is 0 Å². The third-order valence-corrected chi connectivity index (χ3v) is 6.13. The van der Waals surface area contributed by atoms with E-state index in [0.29, 0.717) is 21.8 Å². The van der Waals surface area contributed by atoms with Crippen LogP contribution in [0.15, 0.2) is 64.6 Å². The van der Waals surface area contributed by atoms with Gasteiger partial charge in [-0.2, -0.15) is 10.3 Å². The van der Waals surface area contributed by atoms with Crippen LogP contribution in [0.1, 0.15) is 22.2 Å². The molecule has 8 nitrogen and oxygen atoms in total. The van der Waals surface area contributed by atoms with Crippen molar-refractivity contribution in [1.82, 2.24) is 15.1 Å². The Morgan fingerprint density at radius 1 is 1.10 bits per heavy atom. The highest BCUT2D eigenvalue weighted by atomic mass is 35.5. The molecule has 31 heavy (non-hydrogen) atoms. The Morgan fingerprint density at radius 2 is 1.84 bits per heavy atom. The molecule has 1 aromatic heterocycles. The second kappa shape index (κ2) is 7.58. The number of amidine groups is 2. The number of aliphatic imine (C=N–C) groups is 2. The molecule has 2 atom stereocenters. The van der Waals surface area contributed by atoms with E-state index in [-0.39, 0.29) is 5.96 Å². The lowest BCUT2D eigenvalue weighted by atomic mass is 9.96. The minimum absolute atomic E-state index is 0.149. The number of hydrogen-bond acceptors (Lipinski definition) is 7. The highest BCUT2D eigenvalue weighted by Gasteiger charge is 2.47. The summed E-state index contributed by atoms with van der Waals surface area (Å²) in [5, 5.41) is 28.7. The first-order valence-electron chi connectivity index (χ1n) is 9.42. The minimum atomic E-state index is -0.528. The van der Waals surface area contributed by atoms with E-state index in [1.165, 1.54) is 16.2 Å². The summed E-state index contributed by atoms with van der Waals surface area (Å²) < 4.78 is 0. The zero-order chi connectivity index (χ0) is 21.5. The number of benzene rings is 2. The number of nitriles is 1. The van der Waals surface area contributed by atoms with Gasteiger partial charge in [-0.05, 0) is 24.6 Å². The van der Waals surface area contributed by atoms with E-state index in [1.54, 1.807) is 12.1 Å². The molecule has 10 heteroatoms. The molecule has 0 spiro atoms. The molecule has 0 bridgehead atoms. The van der Waals surface area contributed by atoms with Crippen LogP contribution in [0, 0.1) is 23.8 Å². The zero-order valence-corrected chi connectivity index (χ0v) is 17.8. The van der Waals surface area contributed by atoms with E-state index in [2.05, 4.69) is 21.4 Å². The summed E-state index contributed by atoms with van der Waals surface area (Å²) >= 11 is 7.50. The zero-order valence-electron chi connectivity index (χ0n) is 16.3. The van der Waals surface area contributed by atoms with Crippen molar-refractivity contribution in [3.8, 4) is 6.19 Å². The van der Waals surface area contributed by atoms with Crippen LogP contribution < -0.4 is 4.90 Å². The van der Waals surface area contributed by atoms with Gasteiger partial charge in [0.1, 0.15) is 28.8 Å². The summed E-state index contributed by atoms with van der Waals surface area (Å²) in [5.41, 5.74) is 1.71. The Morgan fingerprint density at radius 3 is 2.48 bits per heavy atom.